The van der Waals surface area contributed by atoms with Crippen LogP contribution in [-0.2, 0) is 11.3 Å². The van der Waals surface area contributed by atoms with Gasteiger partial charge < -0.3 is 10.1 Å². The van der Waals surface area contributed by atoms with E-state index in [0.29, 0.717) is 11.1 Å². The molecule has 1 saturated heterocycles. The summed E-state index contributed by atoms with van der Waals surface area (Å²) in [6.45, 7) is 2.97. The van der Waals surface area contributed by atoms with Crippen LogP contribution in [0, 0.1) is 0 Å². The Morgan fingerprint density at radius 2 is 1.69 bits per heavy atom. The highest BCUT2D eigenvalue weighted by Crippen LogP contribution is 2.20. The maximum Gasteiger partial charge on any atom is 0.337 e. The van der Waals surface area contributed by atoms with E-state index in [9.17, 15) is 9.59 Å². The number of anilines is 1. The molecular weight excluding hydrogens is 348 g/mol. The Labute approximate surface area is 157 Å². The second-order valence-corrected chi connectivity index (χ2v) is 7.29. The molecule has 2 aromatic rings. The van der Waals surface area contributed by atoms with Gasteiger partial charge in [-0.2, -0.15) is 11.8 Å². The van der Waals surface area contributed by atoms with Gasteiger partial charge in [0.15, 0.2) is 0 Å². The van der Waals surface area contributed by atoms with E-state index < -0.39 is 5.97 Å². The van der Waals surface area contributed by atoms with Crippen molar-refractivity contribution in [2.45, 2.75) is 6.54 Å². The zero-order chi connectivity index (χ0) is 18.4. The lowest BCUT2D eigenvalue weighted by molar-refractivity contribution is 0.0600. The van der Waals surface area contributed by atoms with E-state index in [1.807, 2.05) is 30.0 Å². The van der Waals surface area contributed by atoms with Crippen molar-refractivity contribution < 1.29 is 14.3 Å². The molecule has 0 saturated carbocycles. The van der Waals surface area contributed by atoms with Crippen molar-refractivity contribution in [2.75, 3.05) is 37.0 Å². The molecule has 1 amide bonds. The lowest BCUT2D eigenvalue weighted by Crippen LogP contribution is -2.32. The highest BCUT2D eigenvalue weighted by Gasteiger charge is 2.15. The average Bonchev–Trinajstić information content (AvgIpc) is 2.69. The van der Waals surface area contributed by atoms with Gasteiger partial charge in [0.2, 0.25) is 0 Å². The van der Waals surface area contributed by atoms with Crippen molar-refractivity contribution >= 4 is 29.3 Å². The number of rotatable bonds is 5. The Morgan fingerprint density at radius 3 is 2.38 bits per heavy atom. The van der Waals surface area contributed by atoms with Crippen molar-refractivity contribution in [1.82, 2.24) is 4.90 Å². The molecule has 0 aromatic heterocycles. The Balaban J connectivity index is 1.70. The summed E-state index contributed by atoms with van der Waals surface area (Å²) in [5, 5.41) is 2.99. The molecule has 0 spiro atoms. The molecule has 6 heteroatoms. The van der Waals surface area contributed by atoms with Gasteiger partial charge in [-0.15, -0.1) is 0 Å². The van der Waals surface area contributed by atoms with E-state index in [-0.39, 0.29) is 5.91 Å². The molecule has 136 valence electrons. The Kier molecular flexibility index (Phi) is 6.30. The second kappa shape index (κ2) is 8.87. The minimum atomic E-state index is -0.415. The molecule has 1 N–H and O–H groups in total. The minimum Gasteiger partial charge on any atom is -0.465 e. The molecule has 0 aliphatic carbocycles. The molecule has 1 aliphatic rings. The average molecular weight is 370 g/mol. The van der Waals surface area contributed by atoms with Crippen LogP contribution in [0.5, 0.6) is 0 Å². The third-order valence-corrected chi connectivity index (χ3v) is 5.27. The summed E-state index contributed by atoms with van der Waals surface area (Å²) < 4.78 is 4.67. The Morgan fingerprint density at radius 1 is 1.04 bits per heavy atom. The number of ether oxygens (including phenoxy) is 1. The van der Waals surface area contributed by atoms with Gasteiger partial charge in [0, 0.05) is 42.4 Å². The number of carbonyl (C=O) groups excluding carboxylic acids is 2. The smallest absolute Gasteiger partial charge is 0.337 e. The highest BCUT2D eigenvalue weighted by molar-refractivity contribution is 7.99. The predicted molar refractivity (Wildman–Crippen MR) is 105 cm³/mol. The van der Waals surface area contributed by atoms with Crippen LogP contribution < -0.4 is 5.32 Å². The number of hydrogen-bond donors (Lipinski definition) is 1. The third kappa shape index (κ3) is 4.65. The lowest BCUT2D eigenvalue weighted by atomic mass is 10.1. The molecule has 26 heavy (non-hydrogen) atoms. The summed E-state index contributed by atoms with van der Waals surface area (Å²) in [5.74, 6) is 1.70. The maximum absolute atomic E-state index is 12.6. The Hall–Kier alpha value is -2.31. The van der Waals surface area contributed by atoms with Crippen LogP contribution in [0.4, 0.5) is 5.69 Å². The number of thioether (sulfide) groups is 1. The van der Waals surface area contributed by atoms with Crippen molar-refractivity contribution in [2.24, 2.45) is 0 Å². The third-order valence-electron chi connectivity index (χ3n) is 4.33. The molecule has 0 bridgehead atoms. The van der Waals surface area contributed by atoms with E-state index in [1.165, 1.54) is 7.11 Å². The van der Waals surface area contributed by atoms with Crippen molar-refractivity contribution in [3.8, 4) is 0 Å². The number of carbonyl (C=O) groups is 2. The summed E-state index contributed by atoms with van der Waals surface area (Å²) in [6.07, 6.45) is 0. The van der Waals surface area contributed by atoms with Crippen LogP contribution >= 0.6 is 11.8 Å². The van der Waals surface area contributed by atoms with Gasteiger partial charge in [-0.1, -0.05) is 18.2 Å². The van der Waals surface area contributed by atoms with Gasteiger partial charge in [0.25, 0.3) is 5.91 Å². The van der Waals surface area contributed by atoms with Crippen LogP contribution in [-0.4, -0.2) is 48.5 Å². The standard InChI is InChI=1S/C20H22N2O3S/c1-25-20(24)16-8-6-15(7-9-16)19(23)21-18-5-3-2-4-17(18)14-22-10-12-26-13-11-22/h2-9H,10-14H2,1H3,(H,21,23). The summed E-state index contributed by atoms with van der Waals surface area (Å²) in [7, 11) is 1.33. The van der Waals surface area contributed by atoms with Crippen LogP contribution in [0.2, 0.25) is 0 Å². The number of nitrogens with zero attached hydrogens (tertiary/aromatic N) is 1. The first-order chi connectivity index (χ1) is 12.7. The summed E-state index contributed by atoms with van der Waals surface area (Å²) in [4.78, 5) is 26.5. The SMILES string of the molecule is COC(=O)c1ccc(C(=O)Nc2ccccc2CN2CCSCC2)cc1. The Bertz CT molecular complexity index is 771. The zero-order valence-corrected chi connectivity index (χ0v) is 15.6. The first-order valence-corrected chi connectivity index (χ1v) is 9.70. The van der Waals surface area contributed by atoms with Crippen LogP contribution in [0.3, 0.4) is 0 Å². The molecule has 0 unspecified atom stereocenters. The van der Waals surface area contributed by atoms with E-state index in [1.54, 1.807) is 24.3 Å². The van der Waals surface area contributed by atoms with E-state index >= 15 is 0 Å². The summed E-state index contributed by atoms with van der Waals surface area (Å²) in [5.41, 5.74) is 2.86. The van der Waals surface area contributed by atoms with Gasteiger partial charge in [-0.25, -0.2) is 4.79 Å². The number of esters is 1. The van der Waals surface area contributed by atoms with Crippen molar-refractivity contribution in [3.63, 3.8) is 0 Å². The maximum atomic E-state index is 12.6. The molecule has 0 atom stereocenters. The fraction of sp³-hybridized carbons (Fsp3) is 0.300. The molecule has 5 nitrogen and oxygen atoms in total. The second-order valence-electron chi connectivity index (χ2n) is 6.07. The predicted octanol–water partition coefficient (Wildman–Crippen LogP) is 3.27. The first-order valence-electron chi connectivity index (χ1n) is 8.55. The monoisotopic (exact) mass is 370 g/mol. The molecule has 3 rings (SSSR count). The fourth-order valence-electron chi connectivity index (χ4n) is 2.85. The molecular formula is C20H22N2O3S. The van der Waals surface area contributed by atoms with Crippen LogP contribution in [0.1, 0.15) is 26.3 Å². The largest absolute Gasteiger partial charge is 0.465 e. The summed E-state index contributed by atoms with van der Waals surface area (Å²) in [6, 6.07) is 14.3. The normalized spacial score (nSPS) is 14.7. The highest BCUT2D eigenvalue weighted by atomic mass is 32.2. The first kappa shape index (κ1) is 18.5. The number of amides is 1. The van der Waals surface area contributed by atoms with Gasteiger partial charge in [-0.05, 0) is 35.9 Å². The minimum absolute atomic E-state index is 0.192. The molecule has 2 aromatic carbocycles. The van der Waals surface area contributed by atoms with Crippen LogP contribution in [0.15, 0.2) is 48.5 Å². The fourth-order valence-corrected chi connectivity index (χ4v) is 3.83. The molecule has 0 radical (unpaired) electrons. The topological polar surface area (TPSA) is 58.6 Å². The molecule has 1 heterocycles. The van der Waals surface area contributed by atoms with Crippen molar-refractivity contribution in [3.05, 3.63) is 65.2 Å². The van der Waals surface area contributed by atoms with Gasteiger partial charge in [-0.3, -0.25) is 9.69 Å². The van der Waals surface area contributed by atoms with E-state index in [0.717, 1.165) is 42.4 Å². The van der Waals surface area contributed by atoms with Gasteiger partial charge >= 0.3 is 5.97 Å². The number of nitrogens with one attached hydrogen (secondary N) is 1. The lowest BCUT2D eigenvalue weighted by Gasteiger charge is -2.27. The van der Waals surface area contributed by atoms with Crippen molar-refractivity contribution in [1.29, 1.82) is 0 Å². The van der Waals surface area contributed by atoms with Gasteiger partial charge in [0.05, 0.1) is 12.7 Å². The molecule has 1 fully saturated rings. The van der Waals surface area contributed by atoms with E-state index in [2.05, 4.69) is 21.0 Å². The zero-order valence-electron chi connectivity index (χ0n) is 14.7. The number of para-hydroxylation sites is 1. The molecule has 1 aliphatic heterocycles. The summed E-state index contributed by atoms with van der Waals surface area (Å²) >= 11 is 1.98. The number of hydrogen-bond acceptors (Lipinski definition) is 5. The number of benzene rings is 2. The van der Waals surface area contributed by atoms with Gasteiger partial charge in [0.1, 0.15) is 0 Å². The number of methoxy groups -OCH3 is 1. The quantitative estimate of drug-likeness (QED) is 0.819. The van der Waals surface area contributed by atoms with E-state index in [4.69, 9.17) is 0 Å². The van der Waals surface area contributed by atoms with Crippen LogP contribution in [0.25, 0.3) is 0 Å².